The molecule has 0 heterocycles. The second-order valence-corrected chi connectivity index (χ2v) is 16.1. The highest BCUT2D eigenvalue weighted by Crippen LogP contribution is 2.38. The minimum absolute atomic E-state index is 0.0812. The molecule has 0 saturated carbocycles. The van der Waals surface area contributed by atoms with Crippen molar-refractivity contribution in [1.82, 2.24) is 0 Å². The van der Waals surface area contributed by atoms with Crippen molar-refractivity contribution >= 4 is 28.6 Å². The number of carboxylic acid groups (broad SMARTS) is 1. The molecule has 5 nitrogen and oxygen atoms in total. The highest BCUT2D eigenvalue weighted by atomic mass is 28.4. The van der Waals surface area contributed by atoms with Crippen molar-refractivity contribution in [2.45, 2.75) is 65.2 Å². The smallest absolute Gasteiger partial charge is 0.331 e. The van der Waals surface area contributed by atoms with E-state index < -0.39 is 33.8 Å². The molecule has 0 rings (SSSR count). The third-order valence-corrected chi connectivity index (χ3v) is 11.2. The molecule has 0 aromatic carbocycles. The van der Waals surface area contributed by atoms with Crippen LogP contribution in [0.2, 0.25) is 32.7 Å². The predicted octanol–water partition coefficient (Wildman–Crippen LogP) is 3.57. The molecule has 22 heavy (non-hydrogen) atoms. The lowest BCUT2D eigenvalue weighted by atomic mass is 10.0. The average molecular weight is 347 g/mol. The van der Waals surface area contributed by atoms with Gasteiger partial charge < -0.3 is 14.0 Å². The van der Waals surface area contributed by atoms with Gasteiger partial charge in [0.15, 0.2) is 8.32 Å². The fraction of sp³-hybridized carbons (Fsp3) is 0.733. The molecule has 7 heteroatoms. The predicted molar refractivity (Wildman–Crippen MR) is 92.6 cm³/mol. The van der Waals surface area contributed by atoms with Crippen LogP contribution in [0.3, 0.4) is 0 Å². The third kappa shape index (κ3) is 5.70. The van der Waals surface area contributed by atoms with Crippen molar-refractivity contribution in [2.24, 2.45) is 5.92 Å². The van der Waals surface area contributed by atoms with Crippen molar-refractivity contribution in [2.75, 3.05) is 0 Å². The van der Waals surface area contributed by atoms with Gasteiger partial charge in [-0.1, -0.05) is 20.8 Å². The Balaban J connectivity index is 5.58. The minimum atomic E-state index is -2.36. The van der Waals surface area contributed by atoms with Gasteiger partial charge in [-0.05, 0) is 45.1 Å². The number of hydrogen-bond donors (Lipinski definition) is 1. The van der Waals surface area contributed by atoms with E-state index >= 15 is 0 Å². The molecule has 0 bridgehead atoms. The highest BCUT2D eigenvalue weighted by Gasteiger charge is 2.54. The van der Waals surface area contributed by atoms with Crippen LogP contribution in [0.5, 0.6) is 0 Å². The van der Waals surface area contributed by atoms with E-state index in [1.165, 1.54) is 0 Å². The molecule has 0 aromatic rings. The first-order valence-electron chi connectivity index (χ1n) is 7.61. The van der Waals surface area contributed by atoms with Gasteiger partial charge in [-0.15, -0.1) is 0 Å². The van der Waals surface area contributed by atoms with Crippen LogP contribution in [0.4, 0.5) is 0 Å². The SMILES string of the molecule is CCC(OC(=O)C=CC(=O)O)(C(C)C)[Si](C)(C)O[Si](C)(C)C. The summed E-state index contributed by atoms with van der Waals surface area (Å²) in [7, 11) is -4.16. The lowest BCUT2D eigenvalue weighted by Crippen LogP contribution is -2.64. The molecule has 0 aliphatic rings. The summed E-state index contributed by atoms with van der Waals surface area (Å²) < 4.78 is 12.2. The lowest BCUT2D eigenvalue weighted by molar-refractivity contribution is -0.151. The van der Waals surface area contributed by atoms with Crippen LogP contribution in [0.1, 0.15) is 27.2 Å². The Morgan fingerprint density at radius 2 is 1.64 bits per heavy atom. The largest absolute Gasteiger partial charge is 0.478 e. The number of hydrogen-bond acceptors (Lipinski definition) is 4. The molecule has 1 unspecified atom stereocenters. The molecular formula is C15H30O5Si2. The third-order valence-electron chi connectivity index (χ3n) is 3.68. The van der Waals surface area contributed by atoms with Crippen LogP contribution < -0.4 is 0 Å². The molecule has 1 N–H and O–H groups in total. The molecule has 0 saturated heterocycles. The first-order valence-corrected chi connectivity index (χ1v) is 13.9. The maximum Gasteiger partial charge on any atom is 0.331 e. The van der Waals surface area contributed by atoms with Crippen LogP contribution in [-0.4, -0.2) is 38.9 Å². The summed E-state index contributed by atoms with van der Waals surface area (Å²) >= 11 is 0. The van der Waals surface area contributed by atoms with E-state index in [2.05, 4.69) is 32.7 Å². The molecule has 128 valence electrons. The Morgan fingerprint density at radius 1 is 1.14 bits per heavy atom. The molecule has 0 aromatic heterocycles. The van der Waals surface area contributed by atoms with E-state index in [0.29, 0.717) is 6.42 Å². The van der Waals surface area contributed by atoms with Crippen molar-refractivity contribution < 1.29 is 23.5 Å². The molecular weight excluding hydrogens is 316 g/mol. The lowest BCUT2D eigenvalue weighted by Gasteiger charge is -2.48. The molecule has 0 fully saturated rings. The second-order valence-electron chi connectivity index (χ2n) is 7.22. The number of carboxylic acids is 1. The molecule has 0 aliphatic heterocycles. The molecule has 0 radical (unpaired) electrons. The van der Waals surface area contributed by atoms with Crippen LogP contribution in [0.25, 0.3) is 0 Å². The van der Waals surface area contributed by atoms with Gasteiger partial charge in [-0.3, -0.25) is 0 Å². The molecule has 0 amide bonds. The first kappa shape index (κ1) is 21.1. The normalized spacial score (nSPS) is 15.9. The number of ether oxygens (including phenoxy) is 1. The fourth-order valence-electron chi connectivity index (χ4n) is 3.05. The maximum atomic E-state index is 12.0. The van der Waals surface area contributed by atoms with E-state index in [-0.39, 0.29) is 5.92 Å². The summed E-state index contributed by atoms with van der Waals surface area (Å²) in [6.45, 7) is 16.5. The Morgan fingerprint density at radius 3 is 1.95 bits per heavy atom. The standard InChI is InChI=1S/C15H30O5Si2/c1-9-15(12(2)3,19-14(18)11-10-13(16)17)22(7,8)20-21(4,5)6/h10-12H,9H2,1-8H3,(H,16,17). The monoisotopic (exact) mass is 346 g/mol. The van der Waals surface area contributed by atoms with Crippen molar-refractivity contribution in [1.29, 1.82) is 0 Å². The summed E-state index contributed by atoms with van der Waals surface area (Å²) in [6.07, 6.45) is 2.41. The zero-order valence-electron chi connectivity index (χ0n) is 15.0. The van der Waals surface area contributed by atoms with Crippen LogP contribution >= 0.6 is 0 Å². The molecule has 0 spiro atoms. The summed E-state index contributed by atoms with van der Waals surface area (Å²) in [5.41, 5.74) is 0. The number of carbonyl (C=O) groups is 2. The van der Waals surface area contributed by atoms with Gasteiger partial charge in [0.25, 0.3) is 0 Å². The summed E-state index contributed by atoms with van der Waals surface area (Å²) in [5, 5.41) is 7.95. The zero-order valence-corrected chi connectivity index (χ0v) is 17.0. The van der Waals surface area contributed by atoms with Crippen molar-refractivity contribution in [3.8, 4) is 0 Å². The van der Waals surface area contributed by atoms with Gasteiger partial charge >= 0.3 is 11.9 Å². The van der Waals surface area contributed by atoms with Gasteiger partial charge in [0, 0.05) is 12.2 Å². The van der Waals surface area contributed by atoms with Gasteiger partial charge in [0.05, 0.1) is 0 Å². The van der Waals surface area contributed by atoms with Crippen molar-refractivity contribution in [3.05, 3.63) is 12.2 Å². The van der Waals surface area contributed by atoms with Gasteiger partial charge in [0.1, 0.15) is 5.22 Å². The molecule has 0 aliphatic carbocycles. The van der Waals surface area contributed by atoms with E-state index in [1.54, 1.807) is 0 Å². The van der Waals surface area contributed by atoms with Gasteiger partial charge in [0.2, 0.25) is 8.32 Å². The van der Waals surface area contributed by atoms with E-state index in [1.807, 2.05) is 20.8 Å². The number of rotatable bonds is 8. The topological polar surface area (TPSA) is 72.8 Å². The molecule has 1 atom stereocenters. The van der Waals surface area contributed by atoms with E-state index in [0.717, 1.165) is 12.2 Å². The zero-order chi connectivity index (χ0) is 17.8. The average Bonchev–Trinajstić information content (AvgIpc) is 2.29. The van der Waals surface area contributed by atoms with E-state index in [4.69, 9.17) is 14.0 Å². The second kappa shape index (κ2) is 7.56. The summed E-state index contributed by atoms with van der Waals surface area (Å²) in [4.78, 5) is 22.6. The van der Waals surface area contributed by atoms with Gasteiger partial charge in [-0.2, -0.15) is 0 Å². The number of esters is 1. The highest BCUT2D eigenvalue weighted by molar-refractivity contribution is 6.85. The summed E-state index contributed by atoms with van der Waals surface area (Å²) in [5.74, 6) is -1.71. The van der Waals surface area contributed by atoms with Gasteiger partial charge in [-0.25, -0.2) is 9.59 Å². The Labute approximate surface area is 136 Å². The fourth-order valence-corrected chi connectivity index (χ4v) is 12.4. The van der Waals surface area contributed by atoms with E-state index in [9.17, 15) is 9.59 Å². The Kier molecular flexibility index (Phi) is 7.24. The first-order chi connectivity index (χ1) is 9.77. The Hall–Kier alpha value is -0.926. The van der Waals surface area contributed by atoms with Crippen molar-refractivity contribution in [3.63, 3.8) is 0 Å². The van der Waals surface area contributed by atoms with Crippen LogP contribution in [0, 0.1) is 5.92 Å². The van der Waals surface area contributed by atoms with Crippen LogP contribution in [0.15, 0.2) is 12.2 Å². The van der Waals surface area contributed by atoms with Crippen LogP contribution in [-0.2, 0) is 18.4 Å². The summed E-state index contributed by atoms with van der Waals surface area (Å²) in [6, 6.07) is 0. The number of aliphatic carboxylic acids is 1. The minimum Gasteiger partial charge on any atom is -0.478 e. The number of carbonyl (C=O) groups excluding carboxylic acids is 1. The quantitative estimate of drug-likeness (QED) is 0.413. The Bertz CT molecular complexity index is 438. The maximum absolute atomic E-state index is 12.0.